The molecule has 2 aromatic rings. The predicted octanol–water partition coefficient (Wildman–Crippen LogP) is 2.26. The molecule has 3 rings (SSSR count). The quantitative estimate of drug-likeness (QED) is 0.679. The first-order chi connectivity index (χ1) is 15.0. The van der Waals surface area contributed by atoms with Gasteiger partial charge in [0, 0.05) is 50.4 Å². The van der Waals surface area contributed by atoms with E-state index in [9.17, 15) is 9.59 Å². The van der Waals surface area contributed by atoms with Crippen LogP contribution in [0.1, 0.15) is 52.4 Å². The van der Waals surface area contributed by atoms with Crippen LogP contribution in [0.5, 0.6) is 0 Å². The average molecular weight is 425 g/mol. The topological polar surface area (TPSA) is 83.6 Å². The van der Waals surface area contributed by atoms with Crippen molar-refractivity contribution in [2.24, 2.45) is 0 Å². The number of aromatic nitrogens is 1. The van der Waals surface area contributed by atoms with Crippen molar-refractivity contribution in [1.82, 2.24) is 20.5 Å². The lowest BCUT2D eigenvalue weighted by molar-refractivity contribution is -0.0412. The lowest BCUT2D eigenvalue weighted by Gasteiger charge is -2.35. The molecule has 2 heterocycles. The van der Waals surface area contributed by atoms with E-state index in [0.29, 0.717) is 30.3 Å². The van der Waals surface area contributed by atoms with Gasteiger partial charge in [-0.2, -0.15) is 0 Å². The van der Waals surface area contributed by atoms with Gasteiger partial charge in [0.05, 0.1) is 12.7 Å². The number of benzene rings is 1. The molecule has 1 aliphatic heterocycles. The maximum absolute atomic E-state index is 12.8. The monoisotopic (exact) mass is 424 g/mol. The molecule has 1 atom stereocenters. The molecule has 166 valence electrons. The summed E-state index contributed by atoms with van der Waals surface area (Å²) in [5.74, 6) is -0.522. The minimum atomic E-state index is -0.312. The summed E-state index contributed by atoms with van der Waals surface area (Å²) in [5, 5.41) is 5.55. The molecule has 1 saturated heterocycles. The van der Waals surface area contributed by atoms with E-state index in [4.69, 9.17) is 4.74 Å². The van der Waals surface area contributed by atoms with Crippen LogP contribution >= 0.6 is 0 Å². The molecular weight excluding hydrogens is 392 g/mol. The molecule has 0 saturated carbocycles. The highest BCUT2D eigenvalue weighted by Crippen LogP contribution is 2.13. The lowest BCUT2D eigenvalue weighted by atomic mass is 10.1. The van der Waals surface area contributed by atoms with Gasteiger partial charge in [-0.3, -0.25) is 14.5 Å². The molecule has 0 bridgehead atoms. The summed E-state index contributed by atoms with van der Waals surface area (Å²) in [6.07, 6.45) is 1.41. The van der Waals surface area contributed by atoms with E-state index < -0.39 is 0 Å². The van der Waals surface area contributed by atoms with Crippen molar-refractivity contribution < 1.29 is 14.3 Å². The van der Waals surface area contributed by atoms with Crippen molar-refractivity contribution in [1.29, 1.82) is 0 Å². The van der Waals surface area contributed by atoms with Gasteiger partial charge in [-0.05, 0) is 38.0 Å². The molecule has 1 aliphatic rings. The van der Waals surface area contributed by atoms with Crippen LogP contribution in [0.2, 0.25) is 0 Å². The number of hydrogen-bond acceptors (Lipinski definition) is 5. The standard InChI is InChI=1S/C24H32N4O3/c1-17(2)28-11-12-31-21(16-28)9-10-26-23(29)19-14-20(13-18-7-5-4-6-8-18)27-22(15-19)24(30)25-3/h4-8,14-15,17,21H,9-13,16H2,1-3H3,(H,25,30)(H,26,29)/t21-/m1/s1. The van der Waals surface area contributed by atoms with Gasteiger partial charge in [-0.25, -0.2) is 4.98 Å². The maximum atomic E-state index is 12.8. The molecule has 2 N–H and O–H groups in total. The molecule has 31 heavy (non-hydrogen) atoms. The Morgan fingerprint density at radius 1 is 1.19 bits per heavy atom. The van der Waals surface area contributed by atoms with Gasteiger partial charge in [0.15, 0.2) is 0 Å². The summed E-state index contributed by atoms with van der Waals surface area (Å²) in [6, 6.07) is 13.7. The number of carbonyl (C=O) groups is 2. The fraction of sp³-hybridized carbons (Fsp3) is 0.458. The number of ether oxygens (including phenoxy) is 1. The summed E-state index contributed by atoms with van der Waals surface area (Å²) < 4.78 is 5.84. The third kappa shape index (κ3) is 6.60. The molecule has 2 amide bonds. The molecule has 7 nitrogen and oxygen atoms in total. The Kier molecular flexibility index (Phi) is 8.14. The Hall–Kier alpha value is -2.77. The Balaban J connectivity index is 1.65. The molecule has 0 radical (unpaired) electrons. The highest BCUT2D eigenvalue weighted by atomic mass is 16.5. The van der Waals surface area contributed by atoms with E-state index in [2.05, 4.69) is 34.4 Å². The van der Waals surface area contributed by atoms with Gasteiger partial charge in [0.1, 0.15) is 5.69 Å². The molecule has 0 aliphatic carbocycles. The van der Waals surface area contributed by atoms with Crippen molar-refractivity contribution >= 4 is 11.8 Å². The summed E-state index contributed by atoms with van der Waals surface area (Å²) in [4.78, 5) is 31.8. The Morgan fingerprint density at radius 3 is 2.68 bits per heavy atom. The van der Waals surface area contributed by atoms with Crippen LogP contribution in [0, 0.1) is 0 Å². The largest absolute Gasteiger partial charge is 0.375 e. The fourth-order valence-corrected chi connectivity index (χ4v) is 3.69. The normalized spacial score (nSPS) is 16.8. The van der Waals surface area contributed by atoms with E-state index in [0.717, 1.165) is 31.7 Å². The number of amides is 2. The van der Waals surface area contributed by atoms with Crippen LogP contribution in [-0.2, 0) is 11.2 Å². The van der Waals surface area contributed by atoms with E-state index in [1.165, 1.54) is 0 Å². The summed E-state index contributed by atoms with van der Waals surface area (Å²) in [7, 11) is 1.55. The number of hydrogen-bond donors (Lipinski definition) is 2. The number of nitrogens with one attached hydrogen (secondary N) is 2. The van der Waals surface area contributed by atoms with Gasteiger partial charge >= 0.3 is 0 Å². The number of rotatable bonds is 8. The van der Waals surface area contributed by atoms with Gasteiger partial charge in [0.2, 0.25) is 0 Å². The molecule has 0 unspecified atom stereocenters. The second-order valence-electron chi connectivity index (χ2n) is 8.10. The molecule has 1 aromatic heterocycles. The smallest absolute Gasteiger partial charge is 0.269 e. The van der Waals surface area contributed by atoms with E-state index in [1.54, 1.807) is 19.2 Å². The number of nitrogens with zero attached hydrogens (tertiary/aromatic N) is 2. The van der Waals surface area contributed by atoms with E-state index >= 15 is 0 Å². The number of carbonyl (C=O) groups excluding carboxylic acids is 2. The summed E-state index contributed by atoms with van der Waals surface area (Å²) in [6.45, 7) is 7.44. The Morgan fingerprint density at radius 2 is 1.97 bits per heavy atom. The number of pyridine rings is 1. The Labute approximate surface area is 184 Å². The van der Waals surface area contributed by atoms with E-state index in [1.807, 2.05) is 30.3 Å². The number of morpholine rings is 1. The summed E-state index contributed by atoms with van der Waals surface area (Å²) in [5.41, 5.74) is 2.43. The maximum Gasteiger partial charge on any atom is 0.269 e. The molecule has 7 heteroatoms. The summed E-state index contributed by atoms with van der Waals surface area (Å²) >= 11 is 0. The predicted molar refractivity (Wildman–Crippen MR) is 120 cm³/mol. The highest BCUT2D eigenvalue weighted by molar-refractivity contribution is 5.98. The molecule has 0 spiro atoms. The van der Waals surface area contributed by atoms with Crippen LogP contribution in [0.4, 0.5) is 0 Å². The van der Waals surface area contributed by atoms with Crippen molar-refractivity contribution in [2.75, 3.05) is 33.3 Å². The van der Waals surface area contributed by atoms with Crippen molar-refractivity contribution in [3.63, 3.8) is 0 Å². The Bertz CT molecular complexity index is 886. The van der Waals surface area contributed by atoms with Crippen LogP contribution in [-0.4, -0.2) is 67.1 Å². The van der Waals surface area contributed by atoms with Gasteiger partial charge < -0.3 is 15.4 Å². The lowest BCUT2D eigenvalue weighted by Crippen LogP contribution is -2.46. The third-order valence-electron chi connectivity index (χ3n) is 5.48. The van der Waals surface area contributed by atoms with Gasteiger partial charge in [-0.15, -0.1) is 0 Å². The fourth-order valence-electron chi connectivity index (χ4n) is 3.69. The van der Waals surface area contributed by atoms with Crippen LogP contribution in [0.25, 0.3) is 0 Å². The average Bonchev–Trinajstić information content (AvgIpc) is 2.79. The minimum absolute atomic E-state index is 0.115. The van der Waals surface area contributed by atoms with E-state index in [-0.39, 0.29) is 23.6 Å². The SMILES string of the molecule is CNC(=O)c1cc(C(=O)NCC[C@@H]2CN(C(C)C)CCO2)cc(Cc2ccccc2)n1. The van der Waals surface area contributed by atoms with Gasteiger partial charge in [-0.1, -0.05) is 30.3 Å². The first kappa shape index (κ1) is 22.9. The highest BCUT2D eigenvalue weighted by Gasteiger charge is 2.22. The van der Waals surface area contributed by atoms with Gasteiger partial charge in [0.25, 0.3) is 11.8 Å². The third-order valence-corrected chi connectivity index (χ3v) is 5.48. The molecular formula is C24H32N4O3. The van der Waals surface area contributed by atoms with Crippen LogP contribution < -0.4 is 10.6 Å². The van der Waals surface area contributed by atoms with Crippen LogP contribution in [0.3, 0.4) is 0 Å². The molecule has 1 fully saturated rings. The minimum Gasteiger partial charge on any atom is -0.375 e. The van der Waals surface area contributed by atoms with Crippen LogP contribution in [0.15, 0.2) is 42.5 Å². The first-order valence-electron chi connectivity index (χ1n) is 10.9. The molecule has 1 aromatic carbocycles. The zero-order valence-electron chi connectivity index (χ0n) is 18.6. The van der Waals surface area contributed by atoms with Crippen molar-refractivity contribution in [3.05, 3.63) is 65.0 Å². The second-order valence-corrected chi connectivity index (χ2v) is 8.10. The first-order valence-corrected chi connectivity index (χ1v) is 10.9. The van der Waals surface area contributed by atoms with Crippen molar-refractivity contribution in [3.8, 4) is 0 Å². The van der Waals surface area contributed by atoms with Crippen molar-refractivity contribution in [2.45, 2.75) is 38.8 Å². The zero-order chi connectivity index (χ0) is 22.2. The zero-order valence-corrected chi connectivity index (χ0v) is 18.6. The second kappa shape index (κ2) is 11.0.